The van der Waals surface area contributed by atoms with Gasteiger partial charge in [0.1, 0.15) is 5.75 Å². The Labute approximate surface area is 135 Å². The van der Waals surface area contributed by atoms with E-state index in [1.54, 1.807) is 7.11 Å². The lowest BCUT2D eigenvalue weighted by Crippen LogP contribution is -2.26. The van der Waals surface area contributed by atoms with Crippen molar-refractivity contribution in [2.75, 3.05) is 13.7 Å². The molecule has 0 heterocycles. The van der Waals surface area contributed by atoms with Gasteiger partial charge in [0.05, 0.1) is 7.11 Å². The van der Waals surface area contributed by atoms with E-state index in [-0.39, 0.29) is 6.04 Å². The number of benzene rings is 2. The molecule has 0 fully saturated rings. The van der Waals surface area contributed by atoms with Crippen molar-refractivity contribution in [1.82, 2.24) is 5.32 Å². The molecule has 2 rings (SSSR count). The minimum atomic E-state index is 0.213. The molecule has 2 unspecified atom stereocenters. The van der Waals surface area contributed by atoms with Crippen molar-refractivity contribution in [1.29, 1.82) is 0 Å². The second-order valence-electron chi connectivity index (χ2n) is 5.12. The van der Waals surface area contributed by atoms with Gasteiger partial charge in [0.15, 0.2) is 0 Å². The summed E-state index contributed by atoms with van der Waals surface area (Å²) in [6.07, 6.45) is 0. The maximum absolute atomic E-state index is 5.55. The van der Waals surface area contributed by atoms with E-state index in [1.807, 2.05) is 12.1 Å². The fourth-order valence-corrected chi connectivity index (χ4v) is 3.05. The highest BCUT2D eigenvalue weighted by molar-refractivity contribution is 9.10. The summed E-state index contributed by atoms with van der Waals surface area (Å²) >= 11 is 3.57. The van der Waals surface area contributed by atoms with Crippen LogP contribution < -0.4 is 10.1 Å². The van der Waals surface area contributed by atoms with Crippen molar-refractivity contribution < 1.29 is 4.74 Å². The van der Waals surface area contributed by atoms with Gasteiger partial charge < -0.3 is 10.1 Å². The van der Waals surface area contributed by atoms with E-state index in [4.69, 9.17) is 4.74 Å². The standard InChI is InChI=1S/C18H22BrNO/c1-4-20-18(13(2)14-8-6-5-7-9-14)16-12-15(19)10-11-17(16)21-3/h5-13,18,20H,4H2,1-3H3. The molecule has 0 aliphatic heterocycles. The van der Waals surface area contributed by atoms with Gasteiger partial charge in [-0.1, -0.05) is 60.1 Å². The van der Waals surface area contributed by atoms with Crippen LogP contribution in [0.5, 0.6) is 5.75 Å². The van der Waals surface area contributed by atoms with Crippen molar-refractivity contribution in [3.8, 4) is 5.75 Å². The Bertz CT molecular complexity index is 571. The third-order valence-electron chi connectivity index (χ3n) is 3.78. The Hall–Kier alpha value is -1.32. The molecule has 2 aromatic rings. The van der Waals surface area contributed by atoms with E-state index < -0.39 is 0 Å². The van der Waals surface area contributed by atoms with Crippen LogP contribution >= 0.6 is 15.9 Å². The fraction of sp³-hybridized carbons (Fsp3) is 0.333. The summed E-state index contributed by atoms with van der Waals surface area (Å²) < 4.78 is 6.62. The molecule has 0 aromatic heterocycles. The number of hydrogen-bond donors (Lipinski definition) is 1. The lowest BCUT2D eigenvalue weighted by Gasteiger charge is -2.27. The number of halogens is 1. The lowest BCUT2D eigenvalue weighted by atomic mass is 9.88. The van der Waals surface area contributed by atoms with Gasteiger partial charge in [-0.2, -0.15) is 0 Å². The monoisotopic (exact) mass is 347 g/mol. The Morgan fingerprint density at radius 3 is 2.48 bits per heavy atom. The van der Waals surface area contributed by atoms with E-state index in [2.05, 4.69) is 71.5 Å². The van der Waals surface area contributed by atoms with Crippen LogP contribution in [0.2, 0.25) is 0 Å². The number of likely N-dealkylation sites (N-methyl/N-ethyl adjacent to an activating group) is 1. The Balaban J connectivity index is 2.41. The first kappa shape index (κ1) is 16.1. The molecule has 0 saturated carbocycles. The van der Waals surface area contributed by atoms with E-state index in [1.165, 1.54) is 11.1 Å². The maximum atomic E-state index is 5.55. The Morgan fingerprint density at radius 1 is 1.14 bits per heavy atom. The fourth-order valence-electron chi connectivity index (χ4n) is 2.67. The van der Waals surface area contributed by atoms with Crippen molar-refractivity contribution in [2.45, 2.75) is 25.8 Å². The molecular formula is C18H22BrNO. The molecule has 0 spiro atoms. The number of ether oxygens (including phenoxy) is 1. The van der Waals surface area contributed by atoms with Crippen LogP contribution in [-0.2, 0) is 0 Å². The molecule has 0 amide bonds. The molecule has 0 aliphatic carbocycles. The smallest absolute Gasteiger partial charge is 0.123 e. The zero-order valence-electron chi connectivity index (χ0n) is 12.8. The number of nitrogens with one attached hydrogen (secondary N) is 1. The maximum Gasteiger partial charge on any atom is 0.123 e. The number of rotatable bonds is 6. The van der Waals surface area contributed by atoms with E-state index in [9.17, 15) is 0 Å². The minimum absolute atomic E-state index is 0.213. The molecular weight excluding hydrogens is 326 g/mol. The Morgan fingerprint density at radius 2 is 1.86 bits per heavy atom. The molecule has 2 atom stereocenters. The van der Waals surface area contributed by atoms with Crippen molar-refractivity contribution in [3.63, 3.8) is 0 Å². The molecule has 21 heavy (non-hydrogen) atoms. The average molecular weight is 348 g/mol. The highest BCUT2D eigenvalue weighted by Crippen LogP contribution is 2.36. The van der Waals surface area contributed by atoms with Gasteiger partial charge >= 0.3 is 0 Å². The van der Waals surface area contributed by atoms with Gasteiger partial charge in [-0.3, -0.25) is 0 Å². The summed E-state index contributed by atoms with van der Waals surface area (Å²) in [5.41, 5.74) is 2.51. The lowest BCUT2D eigenvalue weighted by molar-refractivity contribution is 0.390. The minimum Gasteiger partial charge on any atom is -0.496 e. The first-order chi connectivity index (χ1) is 10.2. The van der Waals surface area contributed by atoms with Gasteiger partial charge in [-0.25, -0.2) is 0 Å². The van der Waals surface area contributed by atoms with Gasteiger partial charge in [0.2, 0.25) is 0 Å². The van der Waals surface area contributed by atoms with Crippen LogP contribution in [0, 0.1) is 0 Å². The van der Waals surface area contributed by atoms with E-state index in [0.717, 1.165) is 16.8 Å². The third-order valence-corrected chi connectivity index (χ3v) is 4.27. The van der Waals surface area contributed by atoms with Crippen molar-refractivity contribution in [2.24, 2.45) is 0 Å². The summed E-state index contributed by atoms with van der Waals surface area (Å²) in [6.45, 7) is 5.30. The van der Waals surface area contributed by atoms with Crippen LogP contribution in [0.1, 0.15) is 36.9 Å². The van der Waals surface area contributed by atoms with Crippen LogP contribution in [0.4, 0.5) is 0 Å². The van der Waals surface area contributed by atoms with Crippen molar-refractivity contribution >= 4 is 15.9 Å². The van der Waals surface area contributed by atoms with Crippen molar-refractivity contribution in [3.05, 3.63) is 64.1 Å². The molecule has 0 aliphatic rings. The van der Waals surface area contributed by atoms with Gasteiger partial charge in [-0.05, 0) is 30.3 Å². The first-order valence-corrected chi connectivity index (χ1v) is 8.08. The third kappa shape index (κ3) is 3.86. The second kappa shape index (κ2) is 7.62. The van der Waals surface area contributed by atoms with Gasteiger partial charge in [0.25, 0.3) is 0 Å². The molecule has 0 bridgehead atoms. The number of methoxy groups -OCH3 is 1. The van der Waals surface area contributed by atoms with Crippen LogP contribution in [0.3, 0.4) is 0 Å². The zero-order chi connectivity index (χ0) is 15.2. The molecule has 1 N–H and O–H groups in total. The summed E-state index contributed by atoms with van der Waals surface area (Å²) in [5, 5.41) is 3.60. The van der Waals surface area contributed by atoms with E-state index >= 15 is 0 Å². The summed E-state index contributed by atoms with van der Waals surface area (Å²) in [6, 6.07) is 17.0. The molecule has 2 aromatic carbocycles. The average Bonchev–Trinajstić information content (AvgIpc) is 2.53. The quantitative estimate of drug-likeness (QED) is 0.801. The number of hydrogen-bond acceptors (Lipinski definition) is 2. The van der Waals surface area contributed by atoms with Gasteiger partial charge in [0, 0.05) is 22.0 Å². The molecule has 3 heteroatoms. The van der Waals surface area contributed by atoms with Gasteiger partial charge in [-0.15, -0.1) is 0 Å². The summed E-state index contributed by atoms with van der Waals surface area (Å²) in [5.74, 6) is 1.28. The second-order valence-corrected chi connectivity index (χ2v) is 6.04. The summed E-state index contributed by atoms with van der Waals surface area (Å²) in [4.78, 5) is 0. The predicted octanol–water partition coefficient (Wildman–Crippen LogP) is 4.91. The summed E-state index contributed by atoms with van der Waals surface area (Å²) in [7, 11) is 1.73. The van der Waals surface area contributed by atoms with Crippen LogP contribution in [-0.4, -0.2) is 13.7 Å². The topological polar surface area (TPSA) is 21.3 Å². The Kier molecular flexibility index (Phi) is 5.83. The zero-order valence-corrected chi connectivity index (χ0v) is 14.4. The molecule has 0 saturated heterocycles. The molecule has 2 nitrogen and oxygen atoms in total. The van der Waals surface area contributed by atoms with Crippen LogP contribution in [0.25, 0.3) is 0 Å². The van der Waals surface area contributed by atoms with Crippen LogP contribution in [0.15, 0.2) is 53.0 Å². The highest BCUT2D eigenvalue weighted by atomic mass is 79.9. The normalized spacial score (nSPS) is 13.7. The predicted molar refractivity (Wildman–Crippen MR) is 92.0 cm³/mol. The SMILES string of the molecule is CCNC(c1cc(Br)ccc1OC)C(C)c1ccccc1. The largest absolute Gasteiger partial charge is 0.496 e. The highest BCUT2D eigenvalue weighted by Gasteiger charge is 2.23. The molecule has 0 radical (unpaired) electrons. The molecule has 112 valence electrons. The first-order valence-electron chi connectivity index (χ1n) is 7.29. The van der Waals surface area contributed by atoms with E-state index in [0.29, 0.717) is 5.92 Å².